The Kier molecular flexibility index (Phi) is 4.33. The van der Waals surface area contributed by atoms with Gasteiger partial charge in [-0.15, -0.1) is 0 Å². The lowest BCUT2D eigenvalue weighted by molar-refractivity contribution is -0.00907. The second kappa shape index (κ2) is 5.72. The molecule has 0 radical (unpaired) electrons. The molecule has 21 heavy (non-hydrogen) atoms. The Morgan fingerprint density at radius 1 is 1.48 bits per heavy atom. The first kappa shape index (κ1) is 15.9. The lowest BCUT2D eigenvalue weighted by atomic mass is 10.2. The highest BCUT2D eigenvalue weighted by Crippen LogP contribution is 2.28. The molecule has 118 valence electrons. The largest absolute Gasteiger partial charge is 0.390 e. The number of hydrogen-bond donors (Lipinski definition) is 3. The van der Waals surface area contributed by atoms with E-state index in [4.69, 9.17) is 9.29 Å². The number of aliphatic hydroxyl groups is 1. The molecule has 0 amide bonds. The Labute approximate surface area is 119 Å². The van der Waals surface area contributed by atoms with Crippen molar-refractivity contribution in [2.24, 2.45) is 0 Å². The molecule has 1 saturated heterocycles. The number of nitrogens with one attached hydrogen (secondary N) is 1. The quantitative estimate of drug-likeness (QED) is 0.582. The predicted molar refractivity (Wildman–Crippen MR) is 71.7 cm³/mol. The minimum atomic E-state index is -4.31. The van der Waals surface area contributed by atoms with Crippen molar-refractivity contribution in [3.8, 4) is 0 Å². The van der Waals surface area contributed by atoms with Gasteiger partial charge in [0.25, 0.3) is 15.7 Å². The van der Waals surface area contributed by atoms with Gasteiger partial charge in [-0.1, -0.05) is 6.92 Å². The molecule has 9 nitrogen and oxygen atoms in total. The monoisotopic (exact) mass is 320 g/mol. The summed E-state index contributed by atoms with van der Waals surface area (Å²) in [6.45, 7) is 1.74. The normalized spacial score (nSPS) is 26.1. The Hall–Kier alpha value is -1.49. The highest BCUT2D eigenvalue weighted by molar-refractivity contribution is 7.85. The van der Waals surface area contributed by atoms with Gasteiger partial charge in [-0.05, 0) is 6.42 Å². The first-order valence-electron chi connectivity index (χ1n) is 6.34. The molecule has 2 rings (SSSR count). The van der Waals surface area contributed by atoms with E-state index in [1.54, 1.807) is 6.92 Å². The van der Waals surface area contributed by atoms with Crippen LogP contribution in [0.15, 0.2) is 15.8 Å². The number of hydrogen-bond acceptors (Lipinski definition) is 6. The second-order valence-corrected chi connectivity index (χ2v) is 6.35. The molecule has 0 aromatic carbocycles. The molecule has 3 N–H and O–H groups in total. The summed E-state index contributed by atoms with van der Waals surface area (Å²) in [5.41, 5.74) is -0.834. The van der Waals surface area contributed by atoms with Crippen molar-refractivity contribution >= 4 is 10.1 Å². The fourth-order valence-electron chi connectivity index (χ4n) is 2.24. The van der Waals surface area contributed by atoms with Crippen LogP contribution in [-0.4, -0.2) is 45.6 Å². The zero-order valence-corrected chi connectivity index (χ0v) is 12.0. The van der Waals surface area contributed by atoms with Gasteiger partial charge in [0.15, 0.2) is 0 Å². The first-order chi connectivity index (χ1) is 9.71. The van der Waals surface area contributed by atoms with Crippen molar-refractivity contribution in [2.75, 3.05) is 5.75 Å². The van der Waals surface area contributed by atoms with Gasteiger partial charge in [-0.2, -0.15) is 8.42 Å². The summed E-state index contributed by atoms with van der Waals surface area (Å²) in [6, 6.07) is 0. The van der Waals surface area contributed by atoms with Crippen LogP contribution in [0.5, 0.6) is 0 Å². The van der Waals surface area contributed by atoms with E-state index in [1.807, 2.05) is 0 Å². The Morgan fingerprint density at radius 2 is 2.14 bits per heavy atom. The number of H-pyrrole nitrogens is 1. The first-order valence-corrected chi connectivity index (χ1v) is 7.95. The molecule has 2 heterocycles. The van der Waals surface area contributed by atoms with Crippen LogP contribution in [0.1, 0.15) is 25.1 Å². The molecule has 1 fully saturated rings. The van der Waals surface area contributed by atoms with Crippen LogP contribution >= 0.6 is 0 Å². The van der Waals surface area contributed by atoms with Gasteiger partial charge in [-0.25, -0.2) is 4.79 Å². The van der Waals surface area contributed by atoms with Crippen LogP contribution in [0, 0.1) is 0 Å². The summed E-state index contributed by atoms with van der Waals surface area (Å²) < 4.78 is 36.9. The standard InChI is InChI=1S/C11H16N2O7S/c1-2-6-4-13(11(16)12-10(6)15)9-3-7(14)8(20-9)5-21(17,18)19/h4,7-9,14H,2-3,5H2,1H3,(H,12,15,16)(H,17,18,19)/t7-,8+,9+/m0/s1. The van der Waals surface area contributed by atoms with Gasteiger partial charge in [0.1, 0.15) is 18.1 Å². The summed E-state index contributed by atoms with van der Waals surface area (Å²) in [6.07, 6.45) is -1.46. The molecular weight excluding hydrogens is 304 g/mol. The van der Waals surface area contributed by atoms with Gasteiger partial charge >= 0.3 is 5.69 Å². The third-order valence-corrected chi connectivity index (χ3v) is 4.06. The van der Waals surface area contributed by atoms with Gasteiger partial charge in [-0.3, -0.25) is 18.9 Å². The summed E-state index contributed by atoms with van der Waals surface area (Å²) in [7, 11) is -4.31. The summed E-state index contributed by atoms with van der Waals surface area (Å²) >= 11 is 0. The molecule has 0 saturated carbocycles. The average molecular weight is 320 g/mol. The van der Waals surface area contributed by atoms with Crippen molar-refractivity contribution in [1.82, 2.24) is 9.55 Å². The smallest absolute Gasteiger partial charge is 0.330 e. The van der Waals surface area contributed by atoms with Gasteiger partial charge in [0.2, 0.25) is 0 Å². The van der Waals surface area contributed by atoms with E-state index in [1.165, 1.54) is 6.20 Å². The van der Waals surface area contributed by atoms with Crippen molar-refractivity contribution in [1.29, 1.82) is 0 Å². The highest BCUT2D eigenvalue weighted by Gasteiger charge is 2.38. The maximum atomic E-state index is 11.8. The molecule has 0 aliphatic carbocycles. The van der Waals surface area contributed by atoms with Gasteiger partial charge in [0, 0.05) is 18.2 Å². The minimum absolute atomic E-state index is 0.0186. The maximum absolute atomic E-state index is 11.8. The molecule has 0 unspecified atom stereocenters. The van der Waals surface area contributed by atoms with Crippen LogP contribution in [0.2, 0.25) is 0 Å². The molecule has 1 aliphatic heterocycles. The van der Waals surface area contributed by atoms with Crippen molar-refractivity contribution in [3.63, 3.8) is 0 Å². The molecular formula is C11H16N2O7S. The Balaban J connectivity index is 2.29. The predicted octanol–water partition coefficient (Wildman–Crippen LogP) is -1.36. The number of ether oxygens (including phenoxy) is 1. The van der Waals surface area contributed by atoms with Crippen molar-refractivity contribution < 1.29 is 22.8 Å². The van der Waals surface area contributed by atoms with Crippen LogP contribution < -0.4 is 11.2 Å². The zero-order valence-electron chi connectivity index (χ0n) is 11.2. The lowest BCUT2D eigenvalue weighted by Crippen LogP contribution is -2.34. The zero-order chi connectivity index (χ0) is 15.8. The summed E-state index contributed by atoms with van der Waals surface area (Å²) in [5, 5.41) is 9.77. The van der Waals surface area contributed by atoms with Gasteiger partial charge in [0.05, 0.1) is 6.10 Å². The summed E-state index contributed by atoms with van der Waals surface area (Å²) in [5.74, 6) is -0.761. The number of rotatable bonds is 4. The second-order valence-electron chi connectivity index (χ2n) is 4.86. The van der Waals surface area contributed by atoms with Gasteiger partial charge < -0.3 is 9.84 Å². The van der Waals surface area contributed by atoms with E-state index >= 15 is 0 Å². The number of aliphatic hydroxyl groups excluding tert-OH is 1. The SMILES string of the molecule is CCc1cn([C@H]2C[C@H](O)[C@@H](CS(=O)(=O)O)O2)c(=O)[nH]c1=O. The fourth-order valence-corrected chi connectivity index (χ4v) is 2.95. The van der Waals surface area contributed by atoms with E-state index in [0.29, 0.717) is 12.0 Å². The molecule has 1 aromatic heterocycles. The van der Waals surface area contributed by atoms with E-state index in [2.05, 4.69) is 4.98 Å². The third kappa shape index (κ3) is 3.59. The Bertz CT molecular complexity index is 736. The molecule has 10 heteroatoms. The average Bonchev–Trinajstić information content (AvgIpc) is 2.68. The van der Waals surface area contributed by atoms with Crippen LogP contribution in [-0.2, 0) is 21.3 Å². The van der Waals surface area contributed by atoms with Crippen LogP contribution in [0.4, 0.5) is 0 Å². The topological polar surface area (TPSA) is 139 Å². The molecule has 1 aromatic rings. The van der Waals surface area contributed by atoms with Crippen molar-refractivity contribution in [2.45, 2.75) is 38.2 Å². The number of aromatic nitrogens is 2. The number of aryl methyl sites for hydroxylation is 1. The lowest BCUT2D eigenvalue weighted by Gasteiger charge is -2.15. The third-order valence-electron chi connectivity index (χ3n) is 3.31. The fraction of sp³-hybridized carbons (Fsp3) is 0.636. The minimum Gasteiger partial charge on any atom is -0.390 e. The molecule has 0 spiro atoms. The van der Waals surface area contributed by atoms with E-state index in [9.17, 15) is 23.1 Å². The number of aromatic amines is 1. The van der Waals surface area contributed by atoms with E-state index in [-0.39, 0.29) is 6.42 Å². The molecule has 1 aliphatic rings. The van der Waals surface area contributed by atoms with E-state index < -0.39 is 45.6 Å². The highest BCUT2D eigenvalue weighted by atomic mass is 32.2. The summed E-state index contributed by atoms with van der Waals surface area (Å²) in [4.78, 5) is 25.4. The van der Waals surface area contributed by atoms with E-state index in [0.717, 1.165) is 4.57 Å². The van der Waals surface area contributed by atoms with Crippen molar-refractivity contribution in [3.05, 3.63) is 32.6 Å². The molecule has 3 atom stereocenters. The maximum Gasteiger partial charge on any atom is 0.330 e. The Morgan fingerprint density at radius 3 is 2.71 bits per heavy atom. The van der Waals surface area contributed by atoms with Crippen LogP contribution in [0.25, 0.3) is 0 Å². The number of nitrogens with zero attached hydrogens (tertiary/aromatic N) is 1. The van der Waals surface area contributed by atoms with Crippen LogP contribution in [0.3, 0.4) is 0 Å². The molecule has 0 bridgehead atoms.